The van der Waals surface area contributed by atoms with E-state index in [1.54, 1.807) is 0 Å². The summed E-state index contributed by atoms with van der Waals surface area (Å²) in [4.78, 5) is 6.43. The van der Waals surface area contributed by atoms with Gasteiger partial charge in [0.25, 0.3) is 0 Å². The molecule has 3 heteroatoms. The van der Waals surface area contributed by atoms with Crippen molar-refractivity contribution in [2.45, 2.75) is 12.5 Å². The van der Waals surface area contributed by atoms with Gasteiger partial charge >= 0.3 is 0 Å². The Bertz CT molecular complexity index is 292. The molecule has 0 radical (unpaired) electrons. The Morgan fingerprint density at radius 2 is 2.31 bits per heavy atom. The highest BCUT2D eigenvalue weighted by molar-refractivity contribution is 5.47. The van der Waals surface area contributed by atoms with Crippen LogP contribution in [0.3, 0.4) is 0 Å². The monoisotopic (exact) mass is 177 g/mol. The summed E-state index contributed by atoms with van der Waals surface area (Å²) in [6.45, 7) is 1.13. The highest BCUT2D eigenvalue weighted by Gasteiger charge is 2.22. The lowest BCUT2D eigenvalue weighted by Gasteiger charge is -2.30. The molecular weight excluding hydrogens is 162 g/mol. The highest BCUT2D eigenvalue weighted by Crippen LogP contribution is 2.28. The third-order valence-corrected chi connectivity index (χ3v) is 2.44. The van der Waals surface area contributed by atoms with E-state index in [0.29, 0.717) is 6.04 Å². The van der Waals surface area contributed by atoms with Crippen LogP contribution in [0, 0.1) is 0 Å². The summed E-state index contributed by atoms with van der Waals surface area (Å²) in [6.07, 6.45) is 3.07. The fraction of sp³-hybridized carbons (Fsp3) is 0.500. The van der Waals surface area contributed by atoms with Crippen molar-refractivity contribution in [2.24, 2.45) is 0 Å². The molecule has 13 heavy (non-hydrogen) atoms. The zero-order valence-corrected chi connectivity index (χ0v) is 8.12. The van der Waals surface area contributed by atoms with Gasteiger partial charge in [-0.2, -0.15) is 0 Å². The van der Waals surface area contributed by atoms with E-state index in [-0.39, 0.29) is 0 Å². The Kier molecular flexibility index (Phi) is 2.19. The summed E-state index contributed by atoms with van der Waals surface area (Å²) in [7, 11) is 4.06. The van der Waals surface area contributed by atoms with E-state index in [1.807, 2.05) is 26.4 Å². The van der Waals surface area contributed by atoms with Crippen molar-refractivity contribution >= 4 is 5.82 Å². The minimum atomic E-state index is 0.520. The first-order valence-corrected chi connectivity index (χ1v) is 4.64. The number of anilines is 1. The first kappa shape index (κ1) is 8.51. The second-order valence-electron chi connectivity index (χ2n) is 3.61. The van der Waals surface area contributed by atoms with E-state index in [4.69, 9.17) is 0 Å². The normalized spacial score (nSPS) is 20.9. The topological polar surface area (TPSA) is 28.2 Å². The second kappa shape index (κ2) is 3.34. The first-order chi connectivity index (χ1) is 6.29. The van der Waals surface area contributed by atoms with Crippen molar-refractivity contribution in [3.63, 3.8) is 0 Å². The fourth-order valence-corrected chi connectivity index (χ4v) is 1.61. The lowest BCUT2D eigenvalue weighted by atomic mass is 9.98. The van der Waals surface area contributed by atoms with Crippen LogP contribution in [0.5, 0.6) is 0 Å². The number of aromatic nitrogens is 1. The van der Waals surface area contributed by atoms with Crippen molar-refractivity contribution in [1.82, 2.24) is 10.3 Å². The van der Waals surface area contributed by atoms with Crippen LogP contribution in [0.4, 0.5) is 5.82 Å². The van der Waals surface area contributed by atoms with Gasteiger partial charge in [-0.1, -0.05) is 6.07 Å². The van der Waals surface area contributed by atoms with Gasteiger partial charge in [0.05, 0.1) is 0 Å². The Hall–Kier alpha value is -1.09. The quantitative estimate of drug-likeness (QED) is 0.735. The molecule has 1 aliphatic rings. The van der Waals surface area contributed by atoms with E-state index in [2.05, 4.69) is 21.3 Å². The molecule has 1 saturated heterocycles. The third-order valence-electron chi connectivity index (χ3n) is 2.44. The van der Waals surface area contributed by atoms with Gasteiger partial charge in [0.2, 0.25) is 0 Å². The summed E-state index contributed by atoms with van der Waals surface area (Å²) < 4.78 is 0. The number of hydrogen-bond donors (Lipinski definition) is 1. The average Bonchev–Trinajstić information content (AvgIpc) is 2.02. The highest BCUT2D eigenvalue weighted by atomic mass is 15.1. The fourth-order valence-electron chi connectivity index (χ4n) is 1.61. The largest absolute Gasteiger partial charge is 0.362 e. The maximum Gasteiger partial charge on any atom is 0.132 e. The van der Waals surface area contributed by atoms with Crippen molar-refractivity contribution in [2.75, 3.05) is 25.5 Å². The van der Waals surface area contributed by atoms with Gasteiger partial charge < -0.3 is 10.2 Å². The molecule has 1 fully saturated rings. The summed E-state index contributed by atoms with van der Waals surface area (Å²) in [5, 5.41) is 3.39. The lowest BCUT2D eigenvalue weighted by molar-refractivity contribution is 0.383. The SMILES string of the molecule is CN(C)c1ncccc1[C@@H]1CCN1. The Labute approximate surface area is 78.8 Å². The maximum absolute atomic E-state index is 4.37. The molecule has 0 amide bonds. The molecule has 0 bridgehead atoms. The number of pyridine rings is 1. The summed E-state index contributed by atoms with van der Waals surface area (Å²) in [6, 6.07) is 4.67. The molecule has 0 unspecified atom stereocenters. The van der Waals surface area contributed by atoms with Crippen LogP contribution in [-0.4, -0.2) is 25.6 Å². The van der Waals surface area contributed by atoms with E-state index < -0.39 is 0 Å². The van der Waals surface area contributed by atoms with Gasteiger partial charge in [-0.25, -0.2) is 4.98 Å². The van der Waals surface area contributed by atoms with Crippen LogP contribution >= 0.6 is 0 Å². The Morgan fingerprint density at radius 3 is 2.85 bits per heavy atom. The molecule has 70 valence electrons. The zero-order valence-electron chi connectivity index (χ0n) is 8.12. The number of rotatable bonds is 2. The molecule has 1 N–H and O–H groups in total. The van der Waals surface area contributed by atoms with E-state index in [9.17, 15) is 0 Å². The predicted molar refractivity (Wildman–Crippen MR) is 53.9 cm³/mol. The lowest BCUT2D eigenvalue weighted by Crippen LogP contribution is -2.36. The van der Waals surface area contributed by atoms with Gasteiger partial charge in [0.1, 0.15) is 5.82 Å². The number of nitrogens with zero attached hydrogens (tertiary/aromatic N) is 2. The van der Waals surface area contributed by atoms with E-state index >= 15 is 0 Å². The van der Waals surface area contributed by atoms with Crippen LogP contribution in [0.15, 0.2) is 18.3 Å². The zero-order chi connectivity index (χ0) is 9.26. The standard InChI is InChI=1S/C10H15N3/c1-13(2)10-8(4-3-6-12-10)9-5-7-11-9/h3-4,6,9,11H,5,7H2,1-2H3/t9-/m0/s1. The van der Waals surface area contributed by atoms with Crippen LogP contribution in [0.1, 0.15) is 18.0 Å². The Balaban J connectivity index is 2.31. The molecular formula is C10H15N3. The first-order valence-electron chi connectivity index (χ1n) is 4.64. The number of nitrogens with one attached hydrogen (secondary N) is 1. The molecule has 0 spiro atoms. The van der Waals surface area contributed by atoms with Crippen LogP contribution in [0.25, 0.3) is 0 Å². The summed E-state index contributed by atoms with van der Waals surface area (Å²) in [5.74, 6) is 1.08. The molecule has 2 rings (SSSR count). The number of hydrogen-bond acceptors (Lipinski definition) is 3. The molecule has 3 nitrogen and oxygen atoms in total. The van der Waals surface area contributed by atoms with E-state index in [0.717, 1.165) is 12.4 Å². The predicted octanol–water partition coefficient (Wildman–Crippen LogP) is 1.18. The molecule has 1 aromatic heterocycles. The molecule has 1 aliphatic heterocycles. The Morgan fingerprint density at radius 1 is 1.54 bits per heavy atom. The van der Waals surface area contributed by atoms with Crippen molar-refractivity contribution in [1.29, 1.82) is 0 Å². The average molecular weight is 177 g/mol. The van der Waals surface area contributed by atoms with Crippen LogP contribution < -0.4 is 10.2 Å². The minimum Gasteiger partial charge on any atom is -0.362 e. The molecule has 1 atom stereocenters. The van der Waals surface area contributed by atoms with E-state index in [1.165, 1.54) is 12.0 Å². The second-order valence-corrected chi connectivity index (χ2v) is 3.61. The molecule has 2 heterocycles. The van der Waals surface area contributed by atoms with Crippen molar-refractivity contribution in [3.8, 4) is 0 Å². The minimum absolute atomic E-state index is 0.520. The summed E-state index contributed by atoms with van der Waals surface area (Å²) in [5.41, 5.74) is 1.32. The molecule has 0 aliphatic carbocycles. The van der Waals surface area contributed by atoms with Crippen molar-refractivity contribution in [3.05, 3.63) is 23.9 Å². The molecule has 1 aromatic rings. The van der Waals surface area contributed by atoms with Gasteiger partial charge in [0, 0.05) is 31.9 Å². The van der Waals surface area contributed by atoms with Gasteiger partial charge in [-0.05, 0) is 19.0 Å². The third kappa shape index (κ3) is 1.52. The summed E-state index contributed by atoms with van der Waals surface area (Å²) >= 11 is 0. The maximum atomic E-state index is 4.37. The smallest absolute Gasteiger partial charge is 0.132 e. The van der Waals surface area contributed by atoms with Gasteiger partial charge in [-0.3, -0.25) is 0 Å². The van der Waals surface area contributed by atoms with Crippen molar-refractivity contribution < 1.29 is 0 Å². The van der Waals surface area contributed by atoms with Crippen LogP contribution in [-0.2, 0) is 0 Å². The van der Waals surface area contributed by atoms with Gasteiger partial charge in [0.15, 0.2) is 0 Å². The van der Waals surface area contributed by atoms with Crippen LogP contribution in [0.2, 0.25) is 0 Å². The van der Waals surface area contributed by atoms with Gasteiger partial charge in [-0.15, -0.1) is 0 Å². The molecule has 0 saturated carbocycles. The molecule has 0 aromatic carbocycles.